The van der Waals surface area contributed by atoms with E-state index in [2.05, 4.69) is 10.3 Å². The van der Waals surface area contributed by atoms with E-state index in [1.807, 2.05) is 17.0 Å². The van der Waals surface area contributed by atoms with Gasteiger partial charge >= 0.3 is 0 Å². The zero-order valence-corrected chi connectivity index (χ0v) is 21.0. The maximum absolute atomic E-state index is 14.6. The smallest absolute Gasteiger partial charge is 0.247 e. The molecule has 0 unspecified atom stereocenters. The molecule has 4 rings (SSSR count). The minimum absolute atomic E-state index is 0.154. The number of anilines is 2. The van der Waals surface area contributed by atoms with Crippen molar-refractivity contribution in [2.75, 3.05) is 50.3 Å². The molecule has 35 heavy (non-hydrogen) atoms. The van der Waals surface area contributed by atoms with Crippen LogP contribution in [0.25, 0.3) is 0 Å². The summed E-state index contributed by atoms with van der Waals surface area (Å²) in [5.74, 6) is 0.117. The molecule has 0 aliphatic carbocycles. The highest BCUT2D eigenvalue weighted by molar-refractivity contribution is 7.91. The normalized spacial score (nSPS) is 14.3. The number of benzene rings is 2. The SMILES string of the molecule is CNc1ccc(Oc2nc(F)c(Cl)c3c2N(CCc2ccc(OC)c(OC)c2)CCS3(=O)=O)cc1. The Morgan fingerprint density at radius 1 is 1.11 bits per heavy atom. The summed E-state index contributed by atoms with van der Waals surface area (Å²) in [5.41, 5.74) is 1.96. The second kappa shape index (κ2) is 10.2. The first-order valence-electron chi connectivity index (χ1n) is 10.8. The molecule has 1 aromatic heterocycles. The molecule has 2 aromatic carbocycles. The van der Waals surface area contributed by atoms with E-state index in [-0.39, 0.29) is 28.8 Å². The average Bonchev–Trinajstić information content (AvgIpc) is 2.86. The van der Waals surface area contributed by atoms with E-state index in [9.17, 15) is 12.8 Å². The lowest BCUT2D eigenvalue weighted by molar-refractivity contribution is 0.354. The summed E-state index contributed by atoms with van der Waals surface area (Å²) in [6.45, 7) is 0.595. The molecule has 1 N–H and O–H groups in total. The number of nitrogens with one attached hydrogen (secondary N) is 1. The van der Waals surface area contributed by atoms with E-state index in [4.69, 9.17) is 25.8 Å². The topological polar surface area (TPSA) is 90.0 Å². The molecule has 0 spiro atoms. The Morgan fingerprint density at radius 3 is 2.49 bits per heavy atom. The van der Waals surface area contributed by atoms with Gasteiger partial charge in [-0.25, -0.2) is 8.42 Å². The van der Waals surface area contributed by atoms with E-state index < -0.39 is 20.8 Å². The molecule has 11 heteroatoms. The number of hydrogen-bond donors (Lipinski definition) is 1. The molecule has 0 bridgehead atoms. The second-order valence-electron chi connectivity index (χ2n) is 7.82. The van der Waals surface area contributed by atoms with Crippen LogP contribution in [-0.4, -0.2) is 53.5 Å². The molecule has 0 atom stereocenters. The molecule has 1 aliphatic rings. The van der Waals surface area contributed by atoms with Crippen molar-refractivity contribution in [1.29, 1.82) is 0 Å². The van der Waals surface area contributed by atoms with Crippen LogP contribution in [0.3, 0.4) is 0 Å². The van der Waals surface area contributed by atoms with Crippen LogP contribution < -0.4 is 24.4 Å². The minimum atomic E-state index is -3.84. The van der Waals surface area contributed by atoms with Gasteiger partial charge in [0.05, 0.1) is 20.0 Å². The number of hydrogen-bond acceptors (Lipinski definition) is 8. The van der Waals surface area contributed by atoms with Gasteiger partial charge in [0.15, 0.2) is 21.3 Å². The number of pyridine rings is 1. The monoisotopic (exact) mass is 521 g/mol. The Balaban J connectivity index is 1.71. The van der Waals surface area contributed by atoms with Crippen LogP contribution in [0.4, 0.5) is 15.8 Å². The molecule has 186 valence electrons. The van der Waals surface area contributed by atoms with E-state index in [0.717, 1.165) is 11.3 Å². The van der Waals surface area contributed by atoms with Crippen LogP contribution in [0.15, 0.2) is 47.4 Å². The predicted octanol–water partition coefficient (Wildman–Crippen LogP) is 4.56. The van der Waals surface area contributed by atoms with Crippen LogP contribution >= 0.6 is 11.6 Å². The number of methoxy groups -OCH3 is 2. The molecule has 0 saturated carbocycles. The highest BCUT2D eigenvalue weighted by atomic mass is 35.5. The Morgan fingerprint density at radius 2 is 1.83 bits per heavy atom. The van der Waals surface area contributed by atoms with Crippen molar-refractivity contribution >= 4 is 32.8 Å². The Bertz CT molecular complexity index is 1340. The minimum Gasteiger partial charge on any atom is -0.493 e. The summed E-state index contributed by atoms with van der Waals surface area (Å²) < 4.78 is 57.0. The summed E-state index contributed by atoms with van der Waals surface area (Å²) in [5, 5.41) is 2.46. The van der Waals surface area contributed by atoms with Crippen molar-refractivity contribution in [3.05, 3.63) is 59.0 Å². The van der Waals surface area contributed by atoms with Gasteiger partial charge in [0, 0.05) is 25.8 Å². The van der Waals surface area contributed by atoms with Gasteiger partial charge in [-0.2, -0.15) is 9.37 Å². The number of sulfone groups is 1. The van der Waals surface area contributed by atoms with E-state index in [1.54, 1.807) is 51.6 Å². The highest BCUT2D eigenvalue weighted by Gasteiger charge is 2.36. The van der Waals surface area contributed by atoms with Crippen molar-refractivity contribution in [2.24, 2.45) is 0 Å². The van der Waals surface area contributed by atoms with Gasteiger partial charge in [0.25, 0.3) is 0 Å². The standard InChI is InChI=1S/C24H25ClFN3O5S/c1-27-16-5-7-17(8-6-16)34-24-21-22(20(25)23(26)28-24)35(30,31)13-12-29(21)11-10-15-4-9-18(32-2)19(14-15)33-3/h4-9,14,27H,10-13H2,1-3H3. The third-order valence-electron chi connectivity index (χ3n) is 5.73. The third-order valence-corrected chi connectivity index (χ3v) is 7.93. The average molecular weight is 522 g/mol. The molecular weight excluding hydrogens is 497 g/mol. The fraction of sp³-hybridized carbons (Fsp3) is 0.292. The third kappa shape index (κ3) is 5.08. The fourth-order valence-electron chi connectivity index (χ4n) is 3.89. The van der Waals surface area contributed by atoms with E-state index in [1.165, 1.54) is 0 Å². The first-order valence-corrected chi connectivity index (χ1v) is 12.8. The molecule has 0 saturated heterocycles. The Kier molecular flexibility index (Phi) is 7.23. The van der Waals surface area contributed by atoms with Crippen LogP contribution in [0.2, 0.25) is 5.02 Å². The lowest BCUT2D eigenvalue weighted by atomic mass is 10.1. The molecular formula is C24H25ClFN3O5S. The summed E-state index contributed by atoms with van der Waals surface area (Å²) in [6.07, 6.45) is 0.547. The van der Waals surface area contributed by atoms with Crippen molar-refractivity contribution in [1.82, 2.24) is 4.98 Å². The Labute approximate surface area is 208 Å². The number of nitrogens with zero attached hydrogens (tertiary/aromatic N) is 2. The number of rotatable bonds is 8. The van der Waals surface area contributed by atoms with Crippen molar-refractivity contribution in [3.8, 4) is 23.1 Å². The quantitative estimate of drug-likeness (QED) is 0.431. The van der Waals surface area contributed by atoms with Crippen LogP contribution in [0.5, 0.6) is 23.1 Å². The van der Waals surface area contributed by atoms with Crippen molar-refractivity contribution in [2.45, 2.75) is 11.3 Å². The molecule has 0 radical (unpaired) electrons. The fourth-order valence-corrected chi connectivity index (χ4v) is 5.91. The molecule has 1 aliphatic heterocycles. The number of ether oxygens (including phenoxy) is 3. The van der Waals surface area contributed by atoms with Gasteiger partial charge in [0.2, 0.25) is 11.8 Å². The zero-order chi connectivity index (χ0) is 25.2. The first-order chi connectivity index (χ1) is 16.8. The van der Waals surface area contributed by atoms with Gasteiger partial charge < -0.3 is 24.4 Å². The lowest BCUT2D eigenvalue weighted by Gasteiger charge is -2.32. The van der Waals surface area contributed by atoms with E-state index in [0.29, 0.717) is 30.2 Å². The molecule has 2 heterocycles. The lowest BCUT2D eigenvalue weighted by Crippen LogP contribution is -2.37. The largest absolute Gasteiger partial charge is 0.493 e. The molecule has 0 fully saturated rings. The van der Waals surface area contributed by atoms with Gasteiger partial charge in [-0.15, -0.1) is 0 Å². The zero-order valence-electron chi connectivity index (χ0n) is 19.5. The number of aromatic nitrogens is 1. The van der Waals surface area contributed by atoms with Gasteiger partial charge in [-0.05, 0) is 48.4 Å². The highest BCUT2D eigenvalue weighted by Crippen LogP contribution is 2.44. The molecule has 0 amide bonds. The van der Waals surface area contributed by atoms with Crippen molar-refractivity contribution < 1.29 is 27.0 Å². The number of halogens is 2. The first kappa shape index (κ1) is 24.9. The summed E-state index contributed by atoms with van der Waals surface area (Å²) in [6, 6.07) is 12.5. The van der Waals surface area contributed by atoms with Gasteiger partial charge in [0.1, 0.15) is 21.4 Å². The van der Waals surface area contributed by atoms with Gasteiger partial charge in [-0.3, -0.25) is 0 Å². The molecule has 8 nitrogen and oxygen atoms in total. The molecule has 3 aromatic rings. The summed E-state index contributed by atoms with van der Waals surface area (Å²) in [4.78, 5) is 5.37. The number of fused-ring (bicyclic) bond motifs is 1. The van der Waals surface area contributed by atoms with Crippen LogP contribution in [0.1, 0.15) is 5.56 Å². The maximum Gasteiger partial charge on any atom is 0.247 e. The summed E-state index contributed by atoms with van der Waals surface area (Å²) >= 11 is 6.13. The van der Waals surface area contributed by atoms with Crippen LogP contribution in [0, 0.1) is 5.95 Å². The van der Waals surface area contributed by atoms with Crippen LogP contribution in [-0.2, 0) is 16.3 Å². The predicted molar refractivity (Wildman–Crippen MR) is 133 cm³/mol. The van der Waals surface area contributed by atoms with Crippen molar-refractivity contribution in [3.63, 3.8) is 0 Å². The van der Waals surface area contributed by atoms with E-state index >= 15 is 0 Å². The Hall–Kier alpha value is -3.24. The van der Waals surface area contributed by atoms with Gasteiger partial charge in [-0.1, -0.05) is 17.7 Å². The second-order valence-corrected chi connectivity index (χ2v) is 10.2. The summed E-state index contributed by atoms with van der Waals surface area (Å²) in [7, 11) is 1.06. The maximum atomic E-state index is 14.6.